The summed E-state index contributed by atoms with van der Waals surface area (Å²) in [5.74, 6) is 2.50. The van der Waals surface area contributed by atoms with E-state index in [1.54, 1.807) is 0 Å². The number of anilines is 1. The lowest BCUT2D eigenvalue weighted by Crippen LogP contribution is -2.29. The fourth-order valence-corrected chi connectivity index (χ4v) is 3.20. The highest BCUT2D eigenvalue weighted by Crippen LogP contribution is 2.39. The van der Waals surface area contributed by atoms with E-state index in [-0.39, 0.29) is 0 Å². The molecule has 0 aromatic carbocycles. The number of nitrogens with one attached hydrogen (secondary N) is 1. The van der Waals surface area contributed by atoms with Crippen LogP contribution in [0.2, 0.25) is 0 Å². The van der Waals surface area contributed by atoms with Crippen LogP contribution in [0.5, 0.6) is 0 Å². The van der Waals surface area contributed by atoms with Crippen LogP contribution in [0.1, 0.15) is 44.9 Å². The first-order chi connectivity index (χ1) is 8.72. The van der Waals surface area contributed by atoms with Crippen LogP contribution >= 0.6 is 11.5 Å². The molecule has 2 heterocycles. The SMILES string of the molecule is CC(C)N1CCC(CNc2nc(C3CC3)ns2)C1. The van der Waals surface area contributed by atoms with Crippen molar-refractivity contribution in [1.29, 1.82) is 0 Å². The van der Waals surface area contributed by atoms with E-state index in [0.717, 1.165) is 23.4 Å². The summed E-state index contributed by atoms with van der Waals surface area (Å²) in [6.45, 7) is 8.07. The molecule has 1 N–H and O–H groups in total. The maximum Gasteiger partial charge on any atom is 0.202 e. The monoisotopic (exact) mass is 266 g/mol. The van der Waals surface area contributed by atoms with Crippen LogP contribution < -0.4 is 5.32 Å². The molecular formula is C13H22N4S. The highest BCUT2D eigenvalue weighted by molar-refractivity contribution is 7.09. The van der Waals surface area contributed by atoms with Crippen LogP contribution in [0, 0.1) is 5.92 Å². The number of likely N-dealkylation sites (tertiary alicyclic amines) is 1. The Labute approximate surface area is 113 Å². The van der Waals surface area contributed by atoms with Gasteiger partial charge in [0, 0.05) is 36.6 Å². The van der Waals surface area contributed by atoms with E-state index in [9.17, 15) is 0 Å². The maximum atomic E-state index is 4.57. The van der Waals surface area contributed by atoms with Crippen LogP contribution in [-0.2, 0) is 0 Å². The molecule has 1 atom stereocenters. The summed E-state index contributed by atoms with van der Waals surface area (Å²) in [7, 11) is 0. The zero-order valence-corrected chi connectivity index (χ0v) is 12.0. The minimum Gasteiger partial charge on any atom is -0.360 e. The topological polar surface area (TPSA) is 41.0 Å². The summed E-state index contributed by atoms with van der Waals surface area (Å²) in [5, 5.41) is 4.48. The molecule has 2 fully saturated rings. The Balaban J connectivity index is 1.46. The minimum atomic E-state index is 0.666. The Bertz CT molecular complexity index is 399. The van der Waals surface area contributed by atoms with Crippen molar-refractivity contribution in [1.82, 2.24) is 14.3 Å². The molecular weight excluding hydrogens is 244 g/mol. The Kier molecular flexibility index (Phi) is 3.52. The van der Waals surface area contributed by atoms with E-state index in [1.807, 2.05) is 0 Å². The predicted molar refractivity (Wildman–Crippen MR) is 75.2 cm³/mol. The summed E-state index contributed by atoms with van der Waals surface area (Å²) in [6.07, 6.45) is 3.86. The zero-order chi connectivity index (χ0) is 12.5. The average Bonchev–Trinajstić information content (AvgIpc) is 2.92. The molecule has 100 valence electrons. The van der Waals surface area contributed by atoms with Crippen molar-refractivity contribution in [3.8, 4) is 0 Å². The normalized spacial score (nSPS) is 24.9. The lowest BCUT2D eigenvalue weighted by Gasteiger charge is -2.20. The number of nitrogens with zero attached hydrogens (tertiary/aromatic N) is 3. The molecule has 4 nitrogen and oxygen atoms in total. The Morgan fingerprint density at radius 3 is 2.89 bits per heavy atom. The zero-order valence-electron chi connectivity index (χ0n) is 11.2. The molecule has 2 aliphatic rings. The lowest BCUT2D eigenvalue weighted by atomic mass is 10.1. The van der Waals surface area contributed by atoms with Crippen molar-refractivity contribution in [3.05, 3.63) is 5.82 Å². The summed E-state index contributed by atoms with van der Waals surface area (Å²) in [4.78, 5) is 7.13. The molecule has 1 aromatic heterocycles. The average molecular weight is 266 g/mol. The van der Waals surface area contributed by atoms with E-state index in [1.165, 1.54) is 43.9 Å². The molecule has 1 aliphatic heterocycles. The van der Waals surface area contributed by atoms with E-state index >= 15 is 0 Å². The van der Waals surface area contributed by atoms with Crippen molar-refractivity contribution < 1.29 is 0 Å². The van der Waals surface area contributed by atoms with Crippen LogP contribution in [0.3, 0.4) is 0 Å². The van der Waals surface area contributed by atoms with Gasteiger partial charge in [-0.3, -0.25) is 0 Å². The van der Waals surface area contributed by atoms with Crippen molar-refractivity contribution in [2.24, 2.45) is 5.92 Å². The van der Waals surface area contributed by atoms with Gasteiger partial charge in [0.05, 0.1) is 0 Å². The number of hydrogen-bond donors (Lipinski definition) is 1. The highest BCUT2D eigenvalue weighted by atomic mass is 32.1. The van der Waals surface area contributed by atoms with E-state index < -0.39 is 0 Å². The van der Waals surface area contributed by atoms with Gasteiger partial charge in [0.25, 0.3) is 0 Å². The van der Waals surface area contributed by atoms with Gasteiger partial charge in [-0.2, -0.15) is 4.37 Å². The molecule has 1 aromatic rings. The molecule has 1 saturated heterocycles. The standard InChI is InChI=1S/C13H22N4S/c1-9(2)17-6-5-10(8-17)7-14-13-15-12(16-18-13)11-3-4-11/h9-11H,3-8H2,1-2H3,(H,14,15,16). The van der Waals surface area contributed by atoms with Gasteiger partial charge < -0.3 is 10.2 Å². The van der Waals surface area contributed by atoms with E-state index in [4.69, 9.17) is 0 Å². The summed E-state index contributed by atoms with van der Waals surface area (Å²) >= 11 is 1.52. The predicted octanol–water partition coefficient (Wildman–Crippen LogP) is 2.56. The van der Waals surface area contributed by atoms with E-state index in [0.29, 0.717) is 12.0 Å². The molecule has 5 heteroatoms. The molecule has 0 radical (unpaired) electrons. The van der Waals surface area contributed by atoms with Gasteiger partial charge in [-0.15, -0.1) is 0 Å². The number of rotatable bonds is 5. The van der Waals surface area contributed by atoms with Gasteiger partial charge in [-0.1, -0.05) is 0 Å². The first kappa shape index (κ1) is 12.4. The van der Waals surface area contributed by atoms with Crippen molar-refractivity contribution >= 4 is 16.7 Å². The molecule has 1 unspecified atom stereocenters. The third kappa shape index (κ3) is 2.83. The van der Waals surface area contributed by atoms with Crippen LogP contribution in [0.4, 0.5) is 5.13 Å². The molecule has 3 rings (SSSR count). The summed E-state index contributed by atoms with van der Waals surface area (Å²) in [5.41, 5.74) is 0. The van der Waals surface area contributed by atoms with Crippen LogP contribution in [0.15, 0.2) is 0 Å². The van der Waals surface area contributed by atoms with Crippen LogP contribution in [-0.4, -0.2) is 39.9 Å². The minimum absolute atomic E-state index is 0.666. The number of aromatic nitrogens is 2. The second-order valence-electron chi connectivity index (χ2n) is 5.86. The first-order valence-electron chi connectivity index (χ1n) is 7.04. The summed E-state index contributed by atoms with van der Waals surface area (Å²) < 4.78 is 4.42. The second-order valence-corrected chi connectivity index (χ2v) is 6.61. The lowest BCUT2D eigenvalue weighted by molar-refractivity contribution is 0.266. The third-order valence-electron chi connectivity index (χ3n) is 3.97. The maximum absolute atomic E-state index is 4.57. The second kappa shape index (κ2) is 5.13. The highest BCUT2D eigenvalue weighted by Gasteiger charge is 2.28. The molecule has 1 saturated carbocycles. The Hall–Kier alpha value is -0.680. The fraction of sp³-hybridized carbons (Fsp3) is 0.846. The van der Waals surface area contributed by atoms with E-state index in [2.05, 4.69) is 33.4 Å². The van der Waals surface area contributed by atoms with Crippen molar-refractivity contribution in [2.75, 3.05) is 25.0 Å². The van der Waals surface area contributed by atoms with Gasteiger partial charge in [-0.25, -0.2) is 4.98 Å². The molecule has 0 spiro atoms. The molecule has 0 bridgehead atoms. The van der Waals surface area contributed by atoms with Gasteiger partial charge in [0.15, 0.2) is 0 Å². The largest absolute Gasteiger partial charge is 0.360 e. The van der Waals surface area contributed by atoms with Crippen molar-refractivity contribution in [2.45, 2.75) is 45.1 Å². The Morgan fingerprint density at radius 1 is 1.39 bits per heavy atom. The molecule has 1 aliphatic carbocycles. The van der Waals surface area contributed by atoms with Gasteiger partial charge >= 0.3 is 0 Å². The van der Waals surface area contributed by atoms with Crippen molar-refractivity contribution in [3.63, 3.8) is 0 Å². The summed E-state index contributed by atoms with van der Waals surface area (Å²) in [6, 6.07) is 0.679. The van der Waals surface area contributed by atoms with Gasteiger partial charge in [0.1, 0.15) is 5.82 Å². The molecule has 18 heavy (non-hydrogen) atoms. The smallest absolute Gasteiger partial charge is 0.202 e. The Morgan fingerprint density at radius 2 is 2.22 bits per heavy atom. The third-order valence-corrected chi connectivity index (χ3v) is 4.66. The van der Waals surface area contributed by atoms with Crippen LogP contribution in [0.25, 0.3) is 0 Å². The molecule has 0 amide bonds. The number of hydrogen-bond acceptors (Lipinski definition) is 5. The fourth-order valence-electron chi connectivity index (χ4n) is 2.54. The quantitative estimate of drug-likeness (QED) is 0.889. The van der Waals surface area contributed by atoms with Gasteiger partial charge in [-0.05, 0) is 45.6 Å². The first-order valence-corrected chi connectivity index (χ1v) is 7.81. The van der Waals surface area contributed by atoms with Gasteiger partial charge in [0.2, 0.25) is 5.13 Å².